The fourth-order valence-corrected chi connectivity index (χ4v) is 2.06. The number of benzene rings is 1. The number of nitrogens with two attached hydrogens (primary N) is 1. The van der Waals surface area contributed by atoms with Gasteiger partial charge in [-0.15, -0.1) is 0 Å². The fraction of sp³-hybridized carbons (Fsp3) is 0.467. The van der Waals surface area contributed by atoms with E-state index in [0.29, 0.717) is 17.8 Å². The van der Waals surface area contributed by atoms with Crippen LogP contribution < -0.4 is 16.4 Å². The average Bonchev–Trinajstić information content (AvgIpc) is 2.43. The summed E-state index contributed by atoms with van der Waals surface area (Å²) in [5.41, 5.74) is 7.08. The molecule has 1 aromatic rings. The van der Waals surface area contributed by atoms with Crippen molar-refractivity contribution in [2.24, 2.45) is 5.73 Å². The van der Waals surface area contributed by atoms with Gasteiger partial charge in [0.05, 0.1) is 0 Å². The van der Waals surface area contributed by atoms with Crippen LogP contribution in [0.5, 0.6) is 0 Å². The van der Waals surface area contributed by atoms with E-state index in [9.17, 15) is 9.59 Å². The summed E-state index contributed by atoms with van der Waals surface area (Å²) in [7, 11) is 0. The Kier molecular flexibility index (Phi) is 6.68. The van der Waals surface area contributed by atoms with Crippen molar-refractivity contribution < 1.29 is 9.59 Å². The van der Waals surface area contributed by atoms with E-state index in [1.54, 1.807) is 25.1 Å². The molecule has 0 aliphatic rings. The molecule has 0 aliphatic heterocycles. The van der Waals surface area contributed by atoms with E-state index < -0.39 is 5.91 Å². The van der Waals surface area contributed by atoms with Gasteiger partial charge >= 0.3 is 6.03 Å². The summed E-state index contributed by atoms with van der Waals surface area (Å²) in [5.74, 6) is -0.470. The van der Waals surface area contributed by atoms with Crippen LogP contribution in [0.2, 0.25) is 0 Å². The number of urea groups is 1. The van der Waals surface area contributed by atoms with Crippen LogP contribution in [0, 0.1) is 6.92 Å². The maximum absolute atomic E-state index is 11.8. The number of nitrogens with one attached hydrogen (secondary N) is 2. The van der Waals surface area contributed by atoms with Gasteiger partial charge in [-0.2, -0.15) is 0 Å². The van der Waals surface area contributed by atoms with Crippen LogP contribution in [0.3, 0.4) is 0 Å². The number of amides is 3. The smallest absolute Gasteiger partial charge is 0.319 e. The summed E-state index contributed by atoms with van der Waals surface area (Å²) >= 11 is 0. The molecule has 0 atom stereocenters. The van der Waals surface area contributed by atoms with E-state index in [4.69, 9.17) is 5.73 Å². The van der Waals surface area contributed by atoms with E-state index in [1.165, 1.54) is 0 Å². The van der Waals surface area contributed by atoms with Crippen molar-refractivity contribution in [2.75, 3.05) is 31.5 Å². The summed E-state index contributed by atoms with van der Waals surface area (Å²) in [6, 6.07) is 4.75. The zero-order valence-corrected chi connectivity index (χ0v) is 12.9. The van der Waals surface area contributed by atoms with E-state index in [0.717, 1.165) is 25.2 Å². The first-order chi connectivity index (χ1) is 9.97. The molecule has 0 bridgehead atoms. The lowest BCUT2D eigenvalue weighted by Crippen LogP contribution is -2.36. The molecular formula is C15H24N4O2. The molecule has 4 N–H and O–H groups in total. The predicted octanol–water partition coefficient (Wildman–Crippen LogP) is 1.56. The van der Waals surface area contributed by atoms with Crippen molar-refractivity contribution >= 4 is 17.6 Å². The second-order valence-electron chi connectivity index (χ2n) is 4.80. The van der Waals surface area contributed by atoms with Gasteiger partial charge in [0.1, 0.15) is 0 Å². The molecule has 0 unspecified atom stereocenters. The summed E-state index contributed by atoms with van der Waals surface area (Å²) in [5, 5.41) is 5.54. The zero-order chi connectivity index (χ0) is 15.8. The number of aryl methyl sites for hydroxylation is 1. The molecule has 6 nitrogen and oxygen atoms in total. The monoisotopic (exact) mass is 292 g/mol. The highest BCUT2D eigenvalue weighted by Gasteiger charge is 2.07. The molecule has 116 valence electrons. The number of primary amides is 1. The van der Waals surface area contributed by atoms with Gasteiger partial charge in [0.25, 0.3) is 0 Å². The molecule has 0 spiro atoms. The van der Waals surface area contributed by atoms with Gasteiger partial charge in [0.2, 0.25) is 5.91 Å². The van der Waals surface area contributed by atoms with Gasteiger partial charge in [0.15, 0.2) is 0 Å². The number of carbonyl (C=O) groups excluding carboxylic acids is 2. The van der Waals surface area contributed by atoms with Gasteiger partial charge in [-0.1, -0.05) is 13.8 Å². The van der Waals surface area contributed by atoms with Crippen molar-refractivity contribution in [1.29, 1.82) is 0 Å². The third-order valence-corrected chi connectivity index (χ3v) is 3.36. The van der Waals surface area contributed by atoms with Gasteiger partial charge < -0.3 is 21.3 Å². The van der Waals surface area contributed by atoms with Crippen molar-refractivity contribution in [1.82, 2.24) is 10.2 Å². The van der Waals surface area contributed by atoms with Gasteiger partial charge in [-0.05, 0) is 43.8 Å². The molecule has 0 saturated carbocycles. The Hall–Kier alpha value is -2.08. The summed E-state index contributed by atoms with van der Waals surface area (Å²) in [6.45, 7) is 9.30. The third kappa shape index (κ3) is 5.43. The van der Waals surface area contributed by atoms with Crippen LogP contribution in [0.1, 0.15) is 29.8 Å². The van der Waals surface area contributed by atoms with E-state index in [2.05, 4.69) is 29.4 Å². The highest BCUT2D eigenvalue weighted by molar-refractivity contribution is 5.95. The minimum atomic E-state index is -0.470. The lowest BCUT2D eigenvalue weighted by Gasteiger charge is -2.18. The molecule has 0 aromatic heterocycles. The highest BCUT2D eigenvalue weighted by Crippen LogP contribution is 2.14. The zero-order valence-electron chi connectivity index (χ0n) is 12.9. The largest absolute Gasteiger partial charge is 0.366 e. The number of rotatable bonds is 7. The second-order valence-corrected chi connectivity index (χ2v) is 4.80. The minimum Gasteiger partial charge on any atom is -0.366 e. The number of hydrogen-bond acceptors (Lipinski definition) is 3. The molecule has 1 aromatic carbocycles. The first-order valence-electron chi connectivity index (χ1n) is 7.15. The molecule has 0 radical (unpaired) electrons. The first-order valence-corrected chi connectivity index (χ1v) is 7.15. The Morgan fingerprint density at radius 2 is 1.90 bits per heavy atom. The van der Waals surface area contributed by atoms with Crippen LogP contribution >= 0.6 is 0 Å². The van der Waals surface area contributed by atoms with Gasteiger partial charge in [-0.25, -0.2) is 4.79 Å². The molecule has 3 amide bonds. The summed E-state index contributed by atoms with van der Waals surface area (Å²) in [4.78, 5) is 25.1. The summed E-state index contributed by atoms with van der Waals surface area (Å²) < 4.78 is 0. The van der Waals surface area contributed by atoms with Crippen LogP contribution in [0.25, 0.3) is 0 Å². The Morgan fingerprint density at radius 1 is 1.24 bits per heavy atom. The number of anilines is 1. The Bertz CT molecular complexity index is 498. The van der Waals surface area contributed by atoms with Crippen molar-refractivity contribution in [3.05, 3.63) is 29.3 Å². The molecule has 6 heteroatoms. The van der Waals surface area contributed by atoms with Gasteiger partial charge in [0, 0.05) is 24.3 Å². The lowest BCUT2D eigenvalue weighted by atomic mass is 10.1. The normalized spacial score (nSPS) is 10.5. The van der Waals surface area contributed by atoms with Crippen molar-refractivity contribution in [3.63, 3.8) is 0 Å². The standard InChI is InChI=1S/C15H24N4O2/c1-4-19(5-2)9-8-17-15(21)18-12-6-7-13(14(16)20)11(3)10-12/h6-7,10H,4-5,8-9H2,1-3H3,(H2,16,20)(H2,17,18,21). The molecule has 0 saturated heterocycles. The van der Waals surface area contributed by atoms with Crippen LogP contribution in [0.15, 0.2) is 18.2 Å². The van der Waals surface area contributed by atoms with Crippen molar-refractivity contribution in [3.8, 4) is 0 Å². The lowest BCUT2D eigenvalue weighted by molar-refractivity contribution is 0.0999. The van der Waals surface area contributed by atoms with E-state index in [-0.39, 0.29) is 6.03 Å². The third-order valence-electron chi connectivity index (χ3n) is 3.36. The molecule has 1 rings (SSSR count). The van der Waals surface area contributed by atoms with E-state index in [1.807, 2.05) is 0 Å². The molecular weight excluding hydrogens is 268 g/mol. The molecule has 0 aliphatic carbocycles. The van der Waals surface area contributed by atoms with Crippen LogP contribution in [-0.4, -0.2) is 43.0 Å². The molecule has 0 heterocycles. The Labute approximate surface area is 125 Å². The van der Waals surface area contributed by atoms with Crippen LogP contribution in [-0.2, 0) is 0 Å². The number of hydrogen-bond donors (Lipinski definition) is 3. The maximum atomic E-state index is 11.8. The average molecular weight is 292 g/mol. The van der Waals surface area contributed by atoms with Crippen molar-refractivity contribution in [2.45, 2.75) is 20.8 Å². The quantitative estimate of drug-likeness (QED) is 0.712. The Morgan fingerprint density at radius 3 is 2.43 bits per heavy atom. The number of carbonyl (C=O) groups is 2. The highest BCUT2D eigenvalue weighted by atomic mass is 16.2. The molecule has 0 fully saturated rings. The summed E-state index contributed by atoms with van der Waals surface area (Å²) in [6.07, 6.45) is 0. The van der Waals surface area contributed by atoms with Gasteiger partial charge in [-0.3, -0.25) is 4.79 Å². The molecule has 21 heavy (non-hydrogen) atoms. The van der Waals surface area contributed by atoms with Crippen LogP contribution in [0.4, 0.5) is 10.5 Å². The SMILES string of the molecule is CCN(CC)CCNC(=O)Nc1ccc(C(N)=O)c(C)c1. The number of likely N-dealkylation sites (N-methyl/N-ethyl adjacent to an activating group) is 1. The maximum Gasteiger partial charge on any atom is 0.319 e. The number of nitrogens with zero attached hydrogens (tertiary/aromatic N) is 1. The topological polar surface area (TPSA) is 87.5 Å². The minimum absolute atomic E-state index is 0.256. The first kappa shape index (κ1) is 17.0. The predicted molar refractivity (Wildman–Crippen MR) is 84.5 cm³/mol. The van der Waals surface area contributed by atoms with E-state index >= 15 is 0 Å². The fourth-order valence-electron chi connectivity index (χ4n) is 2.06. The second kappa shape index (κ2) is 8.26. The Balaban J connectivity index is 2.48.